The number of halogens is 4. The van der Waals surface area contributed by atoms with Crippen LogP contribution in [-0.4, -0.2) is 42.0 Å². The van der Waals surface area contributed by atoms with E-state index in [2.05, 4.69) is 4.98 Å². The average Bonchev–Trinajstić information content (AvgIpc) is 2.90. The number of hydrogen-bond acceptors (Lipinski definition) is 6. The molecule has 0 fully saturated rings. The number of rotatable bonds is 10. The fourth-order valence-electron chi connectivity index (χ4n) is 4.07. The van der Waals surface area contributed by atoms with Crippen molar-refractivity contribution >= 4 is 16.7 Å². The molecule has 0 atom stereocenters. The number of phenols is 1. The molecular weight excluding hydrogens is 518 g/mol. The van der Waals surface area contributed by atoms with Gasteiger partial charge >= 0.3 is 6.18 Å². The van der Waals surface area contributed by atoms with Crippen molar-refractivity contribution in [2.24, 2.45) is 0 Å². The van der Waals surface area contributed by atoms with Crippen molar-refractivity contribution in [2.75, 3.05) is 19.8 Å². The van der Waals surface area contributed by atoms with Crippen molar-refractivity contribution in [3.63, 3.8) is 0 Å². The molecule has 3 aromatic carbocycles. The van der Waals surface area contributed by atoms with Crippen molar-refractivity contribution in [3.8, 4) is 22.6 Å². The Morgan fingerprint density at radius 1 is 0.949 bits per heavy atom. The van der Waals surface area contributed by atoms with Crippen LogP contribution in [0.2, 0.25) is 0 Å². The topological polar surface area (TPSA) is 77.9 Å². The summed E-state index contributed by atoms with van der Waals surface area (Å²) in [5.74, 6) is -1.31. The number of aromatic hydroxyl groups is 1. The van der Waals surface area contributed by atoms with Crippen LogP contribution in [-0.2, 0) is 15.7 Å². The van der Waals surface area contributed by atoms with E-state index in [0.717, 1.165) is 12.1 Å². The molecule has 0 radical (unpaired) electrons. The first-order chi connectivity index (χ1) is 18.6. The van der Waals surface area contributed by atoms with Crippen LogP contribution in [0.1, 0.15) is 35.3 Å². The summed E-state index contributed by atoms with van der Waals surface area (Å²) in [5.41, 5.74) is -0.843. The predicted molar refractivity (Wildman–Crippen MR) is 136 cm³/mol. The molecule has 0 saturated carbocycles. The van der Waals surface area contributed by atoms with E-state index in [1.807, 2.05) is 13.8 Å². The maximum Gasteiger partial charge on any atom is 0.416 e. The summed E-state index contributed by atoms with van der Waals surface area (Å²) in [7, 11) is 0. The van der Waals surface area contributed by atoms with Crippen LogP contribution in [0.4, 0.5) is 17.6 Å². The molecule has 1 N–H and O–H groups in total. The van der Waals surface area contributed by atoms with Gasteiger partial charge in [0.1, 0.15) is 23.9 Å². The van der Waals surface area contributed by atoms with Crippen molar-refractivity contribution in [1.82, 2.24) is 4.98 Å². The highest BCUT2D eigenvalue weighted by Gasteiger charge is 2.32. The van der Waals surface area contributed by atoms with E-state index in [9.17, 15) is 27.5 Å². The smallest absolute Gasteiger partial charge is 0.416 e. The van der Waals surface area contributed by atoms with Gasteiger partial charge in [-0.1, -0.05) is 6.07 Å². The zero-order valence-electron chi connectivity index (χ0n) is 21.1. The summed E-state index contributed by atoms with van der Waals surface area (Å²) in [6.45, 7) is 4.69. The number of benzene rings is 3. The molecule has 0 spiro atoms. The van der Waals surface area contributed by atoms with Crippen molar-refractivity contribution < 1.29 is 41.7 Å². The normalized spacial score (nSPS) is 11.8. The first kappa shape index (κ1) is 28.0. The van der Waals surface area contributed by atoms with Gasteiger partial charge in [0.25, 0.3) is 0 Å². The van der Waals surface area contributed by atoms with Crippen LogP contribution in [0, 0.1) is 5.82 Å². The number of aromatic nitrogens is 1. The molecule has 0 aliphatic heterocycles. The van der Waals surface area contributed by atoms with E-state index >= 15 is 0 Å². The summed E-state index contributed by atoms with van der Waals surface area (Å²) in [5, 5.41) is 10.2. The van der Waals surface area contributed by atoms with Crippen LogP contribution < -0.4 is 4.74 Å². The average molecular weight is 544 g/mol. The lowest BCUT2D eigenvalue weighted by atomic mass is 9.91. The fourth-order valence-corrected chi connectivity index (χ4v) is 4.07. The molecule has 4 aromatic rings. The summed E-state index contributed by atoms with van der Waals surface area (Å²) in [6.07, 6.45) is -4.08. The number of carbonyl (C=O) groups excluding carboxylic acids is 1. The number of fused-ring (bicyclic) bond motifs is 1. The third kappa shape index (κ3) is 6.35. The third-order valence-electron chi connectivity index (χ3n) is 5.87. The molecule has 4 rings (SSSR count). The van der Waals surface area contributed by atoms with Crippen LogP contribution in [0.25, 0.3) is 22.0 Å². The Kier molecular flexibility index (Phi) is 8.47. The molecule has 204 valence electrons. The van der Waals surface area contributed by atoms with Gasteiger partial charge in [-0.05, 0) is 62.4 Å². The minimum atomic E-state index is -4.73. The molecule has 39 heavy (non-hydrogen) atoms. The maximum absolute atomic E-state index is 15.0. The minimum absolute atomic E-state index is 0.0148. The predicted octanol–water partition coefficient (Wildman–Crippen LogP) is 6.77. The number of alkyl halides is 3. The van der Waals surface area contributed by atoms with Gasteiger partial charge in [-0.25, -0.2) is 4.39 Å². The van der Waals surface area contributed by atoms with E-state index in [-0.39, 0.29) is 40.1 Å². The first-order valence-electron chi connectivity index (χ1n) is 12.1. The van der Waals surface area contributed by atoms with Gasteiger partial charge in [0.2, 0.25) is 0 Å². The number of phenolic OH excluding ortho intramolecular Hbond substituents is 1. The lowest BCUT2D eigenvalue weighted by Gasteiger charge is -2.17. The number of pyridine rings is 1. The Morgan fingerprint density at radius 3 is 2.26 bits per heavy atom. The van der Waals surface area contributed by atoms with Gasteiger partial charge in [0, 0.05) is 53.1 Å². The van der Waals surface area contributed by atoms with E-state index in [0.29, 0.717) is 30.4 Å². The Bertz CT molecular complexity index is 1470. The van der Waals surface area contributed by atoms with Gasteiger partial charge in [-0.15, -0.1) is 0 Å². The minimum Gasteiger partial charge on any atom is -0.508 e. The van der Waals surface area contributed by atoms with E-state index < -0.39 is 29.6 Å². The van der Waals surface area contributed by atoms with Gasteiger partial charge in [0.15, 0.2) is 12.1 Å². The summed E-state index contributed by atoms with van der Waals surface area (Å²) in [6, 6.07) is 12.4. The third-order valence-corrected chi connectivity index (χ3v) is 5.87. The summed E-state index contributed by atoms with van der Waals surface area (Å²) < 4.78 is 70.9. The SMILES string of the molecule is CCOC(COc1ccc(C(=O)c2c(-c3ccc(C(F)(F)F)cc3F)cnc3cc(O)ccc23)cc1)OCC. The van der Waals surface area contributed by atoms with Crippen LogP contribution >= 0.6 is 0 Å². The molecular formula is C29H25F4NO5. The van der Waals surface area contributed by atoms with Crippen molar-refractivity contribution in [2.45, 2.75) is 26.3 Å². The number of ether oxygens (including phenoxy) is 3. The number of nitrogens with zero attached hydrogens (tertiary/aromatic N) is 1. The van der Waals surface area contributed by atoms with Gasteiger partial charge < -0.3 is 19.3 Å². The Morgan fingerprint density at radius 2 is 1.64 bits per heavy atom. The number of ketones is 1. The van der Waals surface area contributed by atoms with Crippen LogP contribution in [0.3, 0.4) is 0 Å². The Labute approximate surface area is 221 Å². The highest BCUT2D eigenvalue weighted by atomic mass is 19.4. The molecule has 0 aliphatic carbocycles. The maximum atomic E-state index is 15.0. The molecule has 0 unspecified atom stereocenters. The van der Waals surface area contributed by atoms with Gasteiger partial charge in [-0.3, -0.25) is 9.78 Å². The zero-order valence-corrected chi connectivity index (χ0v) is 21.1. The van der Waals surface area contributed by atoms with Crippen molar-refractivity contribution in [3.05, 3.63) is 89.4 Å². The molecule has 0 bridgehead atoms. The Balaban J connectivity index is 1.72. The molecule has 0 aliphatic rings. The second-order valence-electron chi connectivity index (χ2n) is 8.45. The number of hydrogen-bond donors (Lipinski definition) is 1. The van der Waals surface area contributed by atoms with Gasteiger partial charge in [0.05, 0.1) is 11.1 Å². The molecule has 0 saturated heterocycles. The lowest BCUT2D eigenvalue weighted by Crippen LogP contribution is -2.25. The van der Waals surface area contributed by atoms with E-state index in [4.69, 9.17) is 14.2 Å². The quantitative estimate of drug-likeness (QED) is 0.135. The standard InChI is InChI=1S/C29H25F4NO5/c1-3-37-26(38-4-2)16-39-20-9-5-17(6-10-20)28(36)27-22-12-8-19(35)14-25(22)34-15-23(27)21-11-7-18(13-24(21)30)29(31,32)33/h5-15,26,35H,3-4,16H2,1-2H3. The fraction of sp³-hybridized carbons (Fsp3) is 0.241. The summed E-state index contributed by atoms with van der Waals surface area (Å²) >= 11 is 0. The van der Waals surface area contributed by atoms with Crippen LogP contribution in [0.15, 0.2) is 66.9 Å². The second kappa shape index (κ2) is 11.8. The number of carbonyl (C=O) groups is 1. The molecule has 6 nitrogen and oxygen atoms in total. The molecule has 1 aromatic heterocycles. The van der Waals surface area contributed by atoms with Gasteiger partial charge in [-0.2, -0.15) is 13.2 Å². The molecule has 1 heterocycles. The molecule has 0 amide bonds. The van der Waals surface area contributed by atoms with E-state index in [1.54, 1.807) is 12.1 Å². The highest BCUT2D eigenvalue weighted by molar-refractivity contribution is 6.19. The molecule has 10 heteroatoms. The second-order valence-corrected chi connectivity index (χ2v) is 8.45. The first-order valence-corrected chi connectivity index (χ1v) is 12.1. The largest absolute Gasteiger partial charge is 0.508 e. The van der Waals surface area contributed by atoms with Crippen molar-refractivity contribution in [1.29, 1.82) is 0 Å². The lowest BCUT2D eigenvalue weighted by molar-refractivity contribution is -0.152. The monoisotopic (exact) mass is 543 g/mol. The Hall–Kier alpha value is -4.02. The van der Waals surface area contributed by atoms with E-state index in [1.165, 1.54) is 36.5 Å². The van der Waals surface area contributed by atoms with Crippen LogP contribution in [0.5, 0.6) is 11.5 Å². The highest BCUT2D eigenvalue weighted by Crippen LogP contribution is 2.36. The zero-order chi connectivity index (χ0) is 28.2. The summed E-state index contributed by atoms with van der Waals surface area (Å²) in [4.78, 5) is 18.0.